The lowest BCUT2D eigenvalue weighted by molar-refractivity contribution is -0.385. The molecule has 1 atom stereocenters. The summed E-state index contributed by atoms with van der Waals surface area (Å²) in [5, 5.41) is 22.4. The predicted octanol–water partition coefficient (Wildman–Crippen LogP) is 1.20. The van der Waals surface area contributed by atoms with Crippen LogP contribution in [-0.2, 0) is 0 Å². The Morgan fingerprint density at radius 3 is 3.17 bits per heavy atom. The van der Waals surface area contributed by atoms with Crippen molar-refractivity contribution in [2.75, 3.05) is 6.61 Å². The lowest BCUT2D eigenvalue weighted by atomic mass is 10.1. The van der Waals surface area contributed by atoms with Crippen LogP contribution in [0.4, 0.5) is 5.69 Å². The Balaban J connectivity index is 2.27. The fraction of sp³-hybridized carbons (Fsp3) is 0.300. The van der Waals surface area contributed by atoms with Crippen LogP contribution in [0.3, 0.4) is 0 Å². The van der Waals surface area contributed by atoms with Crippen LogP contribution < -0.4 is 4.74 Å². The second-order valence-electron chi connectivity index (χ2n) is 4.02. The van der Waals surface area contributed by atoms with Crippen molar-refractivity contribution < 1.29 is 9.66 Å². The molecule has 8 nitrogen and oxygen atoms in total. The number of para-hydroxylation sites is 1. The van der Waals surface area contributed by atoms with E-state index in [1.807, 2.05) is 6.92 Å². The van der Waals surface area contributed by atoms with E-state index in [0.29, 0.717) is 11.4 Å². The van der Waals surface area contributed by atoms with Gasteiger partial charge in [-0.05, 0) is 23.4 Å². The minimum Gasteiger partial charge on any atom is -0.484 e. The van der Waals surface area contributed by atoms with Crippen LogP contribution in [-0.4, -0.2) is 31.7 Å². The minimum absolute atomic E-state index is 0.0730. The van der Waals surface area contributed by atoms with E-state index < -0.39 is 4.92 Å². The van der Waals surface area contributed by atoms with Gasteiger partial charge in [0, 0.05) is 6.07 Å². The molecule has 1 aliphatic heterocycles. The maximum Gasteiger partial charge on any atom is 0.311 e. The first kappa shape index (κ1) is 10.6. The number of fused-ring (bicyclic) bond motifs is 3. The summed E-state index contributed by atoms with van der Waals surface area (Å²) in [4.78, 5) is 10.5. The van der Waals surface area contributed by atoms with Gasteiger partial charge in [-0.3, -0.25) is 10.1 Å². The molecule has 0 N–H and O–H groups in total. The largest absolute Gasteiger partial charge is 0.484 e. The average Bonchev–Trinajstić information content (AvgIpc) is 2.79. The van der Waals surface area contributed by atoms with Gasteiger partial charge < -0.3 is 4.74 Å². The Bertz CT molecular complexity index is 624. The minimum atomic E-state index is -0.469. The van der Waals surface area contributed by atoms with Crippen LogP contribution in [0.5, 0.6) is 5.75 Å². The smallest absolute Gasteiger partial charge is 0.311 e. The summed E-state index contributed by atoms with van der Waals surface area (Å²) in [6.07, 6.45) is 0. The van der Waals surface area contributed by atoms with Crippen molar-refractivity contribution >= 4 is 5.69 Å². The fourth-order valence-corrected chi connectivity index (χ4v) is 1.94. The lowest BCUT2D eigenvalue weighted by Gasteiger charge is -2.08. The van der Waals surface area contributed by atoms with Gasteiger partial charge in [0.05, 0.1) is 16.5 Å². The van der Waals surface area contributed by atoms with Crippen LogP contribution in [0.2, 0.25) is 0 Å². The Kier molecular flexibility index (Phi) is 2.22. The molecule has 0 fully saturated rings. The number of hydrogen-bond acceptors (Lipinski definition) is 6. The molecule has 0 amide bonds. The van der Waals surface area contributed by atoms with E-state index >= 15 is 0 Å². The molecule has 0 aliphatic carbocycles. The number of aromatic nitrogens is 4. The molecule has 0 spiro atoms. The molecule has 18 heavy (non-hydrogen) atoms. The van der Waals surface area contributed by atoms with Gasteiger partial charge >= 0.3 is 5.69 Å². The quantitative estimate of drug-likeness (QED) is 0.555. The van der Waals surface area contributed by atoms with Gasteiger partial charge in [0.15, 0.2) is 5.82 Å². The number of nitro benzene ring substituents is 1. The van der Waals surface area contributed by atoms with Gasteiger partial charge in [-0.2, -0.15) is 0 Å². The molecule has 0 bridgehead atoms. The summed E-state index contributed by atoms with van der Waals surface area (Å²) in [5.41, 5.74) is 0.467. The molecule has 0 radical (unpaired) electrons. The first-order chi connectivity index (χ1) is 8.68. The molecule has 2 aromatic rings. The molecule has 0 unspecified atom stereocenters. The van der Waals surface area contributed by atoms with Crippen LogP contribution in [0.1, 0.15) is 13.0 Å². The number of tetrazole rings is 1. The highest BCUT2D eigenvalue weighted by Crippen LogP contribution is 2.39. The van der Waals surface area contributed by atoms with Crippen LogP contribution >= 0.6 is 0 Å². The zero-order valence-corrected chi connectivity index (χ0v) is 9.48. The Morgan fingerprint density at radius 1 is 1.56 bits per heavy atom. The maximum atomic E-state index is 11.0. The molecular weight excluding hydrogens is 238 g/mol. The van der Waals surface area contributed by atoms with Crippen molar-refractivity contribution in [3.05, 3.63) is 28.3 Å². The van der Waals surface area contributed by atoms with E-state index in [4.69, 9.17) is 4.74 Å². The molecule has 3 rings (SSSR count). The second-order valence-corrected chi connectivity index (χ2v) is 4.02. The topological polar surface area (TPSA) is 96.0 Å². The fourth-order valence-electron chi connectivity index (χ4n) is 1.94. The normalized spacial score (nSPS) is 17.3. The van der Waals surface area contributed by atoms with Crippen molar-refractivity contribution in [3.8, 4) is 17.1 Å². The van der Waals surface area contributed by atoms with Crippen molar-refractivity contribution in [1.82, 2.24) is 20.2 Å². The summed E-state index contributed by atoms with van der Waals surface area (Å²) in [7, 11) is 0. The molecule has 1 aromatic heterocycles. The summed E-state index contributed by atoms with van der Waals surface area (Å²) < 4.78 is 7.13. The Labute approximate surface area is 101 Å². The zero-order chi connectivity index (χ0) is 12.7. The lowest BCUT2D eigenvalue weighted by Crippen LogP contribution is -2.14. The standard InChI is InChI=1S/C10H9N5O3/c1-6-5-18-9-7(10-11-12-13-14(6)10)3-2-4-8(9)15(16)17/h2-4,6H,5H2,1H3/t6-/m0/s1. The molecule has 0 saturated heterocycles. The molecule has 92 valence electrons. The maximum absolute atomic E-state index is 11.0. The van der Waals surface area contributed by atoms with Gasteiger partial charge in [-0.1, -0.05) is 6.07 Å². The van der Waals surface area contributed by atoms with E-state index in [2.05, 4.69) is 15.5 Å². The number of nitrogens with zero attached hydrogens (tertiary/aromatic N) is 5. The van der Waals surface area contributed by atoms with Crippen molar-refractivity contribution in [3.63, 3.8) is 0 Å². The predicted molar refractivity (Wildman–Crippen MR) is 60.1 cm³/mol. The number of nitro groups is 1. The van der Waals surface area contributed by atoms with E-state index in [0.717, 1.165) is 0 Å². The van der Waals surface area contributed by atoms with E-state index in [1.54, 1.807) is 16.8 Å². The number of benzene rings is 1. The highest BCUT2D eigenvalue weighted by atomic mass is 16.6. The molecule has 1 aliphatic rings. The van der Waals surface area contributed by atoms with Crippen LogP contribution in [0.15, 0.2) is 18.2 Å². The van der Waals surface area contributed by atoms with Gasteiger partial charge in [0.25, 0.3) is 0 Å². The average molecular weight is 247 g/mol. The molecular formula is C10H9N5O3. The number of hydrogen-bond donors (Lipinski definition) is 0. The summed E-state index contributed by atoms with van der Waals surface area (Å²) in [6.45, 7) is 2.17. The van der Waals surface area contributed by atoms with E-state index in [-0.39, 0.29) is 24.1 Å². The third kappa shape index (κ3) is 1.42. The monoisotopic (exact) mass is 247 g/mol. The van der Waals surface area contributed by atoms with Crippen LogP contribution in [0.25, 0.3) is 11.4 Å². The van der Waals surface area contributed by atoms with Crippen molar-refractivity contribution in [2.45, 2.75) is 13.0 Å². The van der Waals surface area contributed by atoms with Crippen molar-refractivity contribution in [2.24, 2.45) is 0 Å². The first-order valence-electron chi connectivity index (χ1n) is 5.37. The Morgan fingerprint density at radius 2 is 2.39 bits per heavy atom. The third-order valence-corrected chi connectivity index (χ3v) is 2.81. The second kappa shape index (κ2) is 3.76. The number of ether oxygens (including phenoxy) is 1. The summed E-state index contributed by atoms with van der Waals surface area (Å²) >= 11 is 0. The van der Waals surface area contributed by atoms with E-state index in [9.17, 15) is 10.1 Å². The first-order valence-corrected chi connectivity index (χ1v) is 5.37. The van der Waals surface area contributed by atoms with Gasteiger partial charge in [-0.15, -0.1) is 5.10 Å². The van der Waals surface area contributed by atoms with Gasteiger partial charge in [0.1, 0.15) is 6.61 Å². The number of rotatable bonds is 1. The highest BCUT2D eigenvalue weighted by molar-refractivity contribution is 5.71. The van der Waals surface area contributed by atoms with Gasteiger partial charge in [0.2, 0.25) is 5.75 Å². The summed E-state index contributed by atoms with van der Waals surface area (Å²) in [5.74, 6) is 0.710. The van der Waals surface area contributed by atoms with E-state index in [1.165, 1.54) is 6.07 Å². The highest BCUT2D eigenvalue weighted by Gasteiger charge is 2.28. The molecule has 8 heteroatoms. The SMILES string of the molecule is C[C@H]1COc2c(cccc2[N+](=O)[O-])-c2nnnn21. The summed E-state index contributed by atoms with van der Waals surface area (Å²) in [6, 6.07) is 4.63. The molecule has 2 heterocycles. The third-order valence-electron chi connectivity index (χ3n) is 2.81. The molecule has 1 aromatic carbocycles. The zero-order valence-electron chi connectivity index (χ0n) is 9.48. The molecule has 0 saturated carbocycles. The van der Waals surface area contributed by atoms with Gasteiger partial charge in [-0.25, -0.2) is 4.68 Å². The Hall–Kier alpha value is -2.51. The van der Waals surface area contributed by atoms with Crippen molar-refractivity contribution in [1.29, 1.82) is 0 Å². The van der Waals surface area contributed by atoms with Crippen LogP contribution in [0, 0.1) is 10.1 Å².